The number of hydrogen-bond acceptors (Lipinski definition) is 5. The SMILES string of the molecule is Cc1ccc(C(=O)N(CC(=O)N2CCc3sccc3[C@H]2COc2ccc(C)cc2C)C[C@H]2CCCO2)cc1. The summed E-state index contributed by atoms with van der Waals surface area (Å²) in [6.45, 7) is 8.23. The van der Waals surface area contributed by atoms with E-state index in [1.807, 2.05) is 55.1 Å². The zero-order valence-electron chi connectivity index (χ0n) is 22.4. The molecule has 3 aromatic rings. The van der Waals surface area contributed by atoms with Gasteiger partial charge in [0.25, 0.3) is 5.91 Å². The van der Waals surface area contributed by atoms with Crippen molar-refractivity contribution in [1.82, 2.24) is 9.80 Å². The van der Waals surface area contributed by atoms with E-state index in [2.05, 4.69) is 24.4 Å². The molecule has 0 unspecified atom stereocenters. The van der Waals surface area contributed by atoms with Gasteiger partial charge in [0, 0.05) is 30.1 Å². The van der Waals surface area contributed by atoms with Gasteiger partial charge in [-0.2, -0.15) is 0 Å². The number of aryl methyl sites for hydroxylation is 3. The first-order valence-corrected chi connectivity index (χ1v) is 14.3. The summed E-state index contributed by atoms with van der Waals surface area (Å²) in [5.41, 5.74) is 5.10. The number of thiophene rings is 1. The lowest BCUT2D eigenvalue weighted by atomic mass is 10.00. The fourth-order valence-electron chi connectivity index (χ4n) is 5.39. The Bertz CT molecular complexity index is 1280. The molecule has 7 heteroatoms. The molecule has 0 N–H and O–H groups in total. The minimum Gasteiger partial charge on any atom is -0.491 e. The average molecular weight is 533 g/mol. The molecule has 2 atom stereocenters. The molecule has 2 aromatic carbocycles. The third-order valence-electron chi connectivity index (χ3n) is 7.50. The standard InChI is InChI=1S/C31H36N2O4S/c1-21-6-9-24(10-7-21)31(35)32(18-25-5-4-15-36-25)19-30(34)33-14-12-29-26(13-16-38-29)27(33)20-37-28-11-8-22(2)17-23(28)3/h6-11,13,16-17,25,27H,4-5,12,14-15,18-20H2,1-3H3/t25-,27-/m1/s1. The minimum absolute atomic E-state index is 0.0199. The first-order chi connectivity index (χ1) is 18.4. The second kappa shape index (κ2) is 11.7. The third-order valence-corrected chi connectivity index (χ3v) is 8.50. The van der Waals surface area contributed by atoms with E-state index in [1.165, 1.54) is 10.4 Å². The second-order valence-electron chi connectivity index (χ2n) is 10.4. The zero-order chi connectivity index (χ0) is 26.6. The van der Waals surface area contributed by atoms with E-state index >= 15 is 0 Å². The predicted octanol–water partition coefficient (Wildman–Crippen LogP) is 5.50. The first-order valence-electron chi connectivity index (χ1n) is 13.4. The Morgan fingerprint density at radius 3 is 2.61 bits per heavy atom. The molecule has 3 heterocycles. The maximum absolute atomic E-state index is 13.9. The van der Waals surface area contributed by atoms with Crippen LogP contribution in [0.5, 0.6) is 5.75 Å². The van der Waals surface area contributed by atoms with Crippen LogP contribution < -0.4 is 4.74 Å². The van der Waals surface area contributed by atoms with Crippen LogP contribution in [-0.4, -0.2) is 60.6 Å². The third kappa shape index (κ3) is 5.94. The highest BCUT2D eigenvalue weighted by atomic mass is 32.1. The summed E-state index contributed by atoms with van der Waals surface area (Å²) in [5, 5.41) is 2.09. The quantitative estimate of drug-likeness (QED) is 0.385. The summed E-state index contributed by atoms with van der Waals surface area (Å²) in [6, 6.07) is 15.6. The lowest BCUT2D eigenvalue weighted by molar-refractivity contribution is -0.135. The normalized spacial score (nSPS) is 18.8. The number of benzene rings is 2. The van der Waals surface area contributed by atoms with Crippen molar-refractivity contribution in [1.29, 1.82) is 0 Å². The molecule has 0 aliphatic carbocycles. The fourth-order valence-corrected chi connectivity index (χ4v) is 6.32. The Kier molecular flexibility index (Phi) is 8.15. The summed E-state index contributed by atoms with van der Waals surface area (Å²) >= 11 is 1.73. The van der Waals surface area contributed by atoms with Crippen molar-refractivity contribution in [3.05, 3.63) is 86.6 Å². The number of carbonyl (C=O) groups is 2. The first kappa shape index (κ1) is 26.4. The van der Waals surface area contributed by atoms with Gasteiger partial charge in [0.2, 0.25) is 5.91 Å². The summed E-state index contributed by atoms with van der Waals surface area (Å²) in [6.07, 6.45) is 2.66. The van der Waals surface area contributed by atoms with Crippen molar-refractivity contribution in [3.63, 3.8) is 0 Å². The number of hydrogen-bond donors (Lipinski definition) is 0. The molecule has 2 amide bonds. The van der Waals surface area contributed by atoms with Gasteiger partial charge in [-0.1, -0.05) is 35.4 Å². The molecule has 200 valence electrons. The lowest BCUT2D eigenvalue weighted by Crippen LogP contribution is -2.49. The molecule has 2 aliphatic rings. The Balaban J connectivity index is 1.36. The molecule has 0 radical (unpaired) electrons. The second-order valence-corrected chi connectivity index (χ2v) is 11.4. The van der Waals surface area contributed by atoms with Crippen LogP contribution in [0.15, 0.2) is 53.9 Å². The van der Waals surface area contributed by atoms with Crippen LogP contribution in [-0.2, 0) is 16.0 Å². The van der Waals surface area contributed by atoms with Crippen LogP contribution in [0.1, 0.15) is 56.4 Å². The van der Waals surface area contributed by atoms with Crippen LogP contribution in [0.2, 0.25) is 0 Å². The van der Waals surface area contributed by atoms with Gasteiger partial charge in [-0.15, -0.1) is 11.3 Å². The monoisotopic (exact) mass is 532 g/mol. The molecule has 1 fully saturated rings. The van der Waals surface area contributed by atoms with Gasteiger partial charge in [0.05, 0.1) is 12.1 Å². The topological polar surface area (TPSA) is 59.1 Å². The lowest BCUT2D eigenvalue weighted by Gasteiger charge is -2.37. The van der Waals surface area contributed by atoms with Crippen molar-refractivity contribution in [2.75, 3.05) is 32.8 Å². The van der Waals surface area contributed by atoms with Gasteiger partial charge in [-0.25, -0.2) is 0 Å². The van der Waals surface area contributed by atoms with Crippen molar-refractivity contribution >= 4 is 23.2 Å². The molecule has 0 spiro atoms. The molecule has 1 aromatic heterocycles. The highest BCUT2D eigenvalue weighted by molar-refractivity contribution is 7.10. The molecular weight excluding hydrogens is 496 g/mol. The van der Waals surface area contributed by atoms with Crippen LogP contribution in [0.25, 0.3) is 0 Å². The van der Waals surface area contributed by atoms with Gasteiger partial charge in [-0.3, -0.25) is 9.59 Å². The highest BCUT2D eigenvalue weighted by Crippen LogP contribution is 2.34. The molecule has 2 aliphatic heterocycles. The summed E-state index contributed by atoms with van der Waals surface area (Å²) in [5.74, 6) is 0.639. The van der Waals surface area contributed by atoms with Crippen molar-refractivity contribution in [3.8, 4) is 5.75 Å². The molecule has 5 rings (SSSR count). The van der Waals surface area contributed by atoms with Gasteiger partial charge in [0.1, 0.15) is 18.9 Å². The molecular formula is C31H36N2O4S. The number of ether oxygens (including phenoxy) is 2. The van der Waals surface area contributed by atoms with Crippen LogP contribution in [0.4, 0.5) is 0 Å². The van der Waals surface area contributed by atoms with Crippen LogP contribution in [0, 0.1) is 20.8 Å². The summed E-state index contributed by atoms with van der Waals surface area (Å²) < 4.78 is 12.1. The van der Waals surface area contributed by atoms with Crippen molar-refractivity contribution in [2.45, 2.75) is 52.2 Å². The highest BCUT2D eigenvalue weighted by Gasteiger charge is 2.34. The number of amides is 2. The predicted molar refractivity (Wildman–Crippen MR) is 150 cm³/mol. The fraction of sp³-hybridized carbons (Fsp3) is 0.419. The Labute approximate surface area is 229 Å². The van der Waals surface area contributed by atoms with E-state index in [9.17, 15) is 9.59 Å². The van der Waals surface area contributed by atoms with E-state index in [0.29, 0.717) is 31.9 Å². The molecule has 0 bridgehead atoms. The van der Waals surface area contributed by atoms with Gasteiger partial charge in [-0.05, 0) is 80.8 Å². The number of carbonyl (C=O) groups excluding carboxylic acids is 2. The molecule has 6 nitrogen and oxygen atoms in total. The minimum atomic E-state index is -0.197. The van der Waals surface area contributed by atoms with E-state index in [0.717, 1.165) is 41.7 Å². The Morgan fingerprint density at radius 2 is 1.87 bits per heavy atom. The van der Waals surface area contributed by atoms with Gasteiger partial charge in [0.15, 0.2) is 0 Å². The Hall–Kier alpha value is -3.16. The van der Waals surface area contributed by atoms with Gasteiger partial charge < -0.3 is 19.3 Å². The van der Waals surface area contributed by atoms with E-state index in [4.69, 9.17) is 9.47 Å². The van der Waals surface area contributed by atoms with E-state index < -0.39 is 0 Å². The average Bonchev–Trinajstić information content (AvgIpc) is 3.60. The maximum Gasteiger partial charge on any atom is 0.254 e. The van der Waals surface area contributed by atoms with Gasteiger partial charge >= 0.3 is 0 Å². The van der Waals surface area contributed by atoms with Crippen LogP contribution in [0.3, 0.4) is 0 Å². The number of nitrogens with zero attached hydrogens (tertiary/aromatic N) is 2. The Morgan fingerprint density at radius 1 is 1.08 bits per heavy atom. The summed E-state index contributed by atoms with van der Waals surface area (Å²) in [7, 11) is 0. The smallest absolute Gasteiger partial charge is 0.254 e. The van der Waals surface area contributed by atoms with Crippen molar-refractivity contribution < 1.29 is 19.1 Å². The zero-order valence-corrected chi connectivity index (χ0v) is 23.3. The van der Waals surface area contributed by atoms with Crippen molar-refractivity contribution in [2.24, 2.45) is 0 Å². The summed E-state index contributed by atoms with van der Waals surface area (Å²) in [4.78, 5) is 32.3. The number of rotatable bonds is 8. The molecule has 1 saturated heterocycles. The largest absolute Gasteiger partial charge is 0.491 e. The van der Waals surface area contributed by atoms with Crippen LogP contribution >= 0.6 is 11.3 Å². The molecule has 38 heavy (non-hydrogen) atoms. The van der Waals surface area contributed by atoms with E-state index in [-0.39, 0.29) is 30.5 Å². The maximum atomic E-state index is 13.9. The number of fused-ring (bicyclic) bond motifs is 1. The van der Waals surface area contributed by atoms with E-state index in [1.54, 1.807) is 16.2 Å². The molecule has 0 saturated carbocycles.